The number of carbonyl (C=O) groups excluding carboxylic acids is 1. The van der Waals surface area contributed by atoms with Gasteiger partial charge < -0.3 is 19.7 Å². The lowest BCUT2D eigenvalue weighted by Gasteiger charge is -2.36. The molecule has 1 rings (SSSR count). The second-order valence-corrected chi connectivity index (χ2v) is 2.74. The van der Waals surface area contributed by atoms with E-state index in [2.05, 4.69) is 9.47 Å². The maximum atomic E-state index is 10.2. The summed E-state index contributed by atoms with van der Waals surface area (Å²) in [5, 5.41) is 18.4. The summed E-state index contributed by atoms with van der Waals surface area (Å²) in [5.74, 6) is -2.09. The van der Waals surface area contributed by atoms with Crippen molar-refractivity contribution in [3.63, 3.8) is 0 Å². The second-order valence-electron chi connectivity index (χ2n) is 2.74. The normalized spacial score (nSPS) is 22.1. The number of hydrogen-bond acceptors (Lipinski definition) is 5. The molecule has 12 heavy (non-hydrogen) atoms. The van der Waals surface area contributed by atoms with Crippen molar-refractivity contribution >= 4 is 6.16 Å². The molecule has 0 spiro atoms. The molecule has 1 fully saturated rings. The zero-order valence-corrected chi connectivity index (χ0v) is 6.82. The Morgan fingerprint density at radius 2 is 2.17 bits per heavy atom. The van der Waals surface area contributed by atoms with Crippen LogP contribution in [0.1, 0.15) is 26.2 Å². The van der Waals surface area contributed by atoms with Crippen LogP contribution in [0.4, 0.5) is 4.79 Å². The van der Waals surface area contributed by atoms with Crippen LogP contribution in [0, 0.1) is 0 Å². The van der Waals surface area contributed by atoms with E-state index in [-0.39, 0.29) is 0 Å². The number of carbonyl (C=O) groups is 1. The van der Waals surface area contributed by atoms with Crippen LogP contribution in [0.25, 0.3) is 0 Å². The van der Waals surface area contributed by atoms with Crippen LogP contribution in [-0.4, -0.2) is 28.4 Å². The Balaban J connectivity index is 2.31. The standard InChI is InChI=1S/C7H12O5/c1-2-3-4-5(8)7(10)11-6(9)12-7/h5,8,10H,2-4H2,1H3. The molecule has 0 aromatic rings. The predicted octanol–water partition coefficient (Wildman–Crippen LogP) is 0.350. The van der Waals surface area contributed by atoms with E-state index in [0.717, 1.165) is 12.8 Å². The van der Waals surface area contributed by atoms with E-state index in [4.69, 9.17) is 5.11 Å². The lowest BCUT2D eigenvalue weighted by molar-refractivity contribution is -0.419. The van der Waals surface area contributed by atoms with Crippen molar-refractivity contribution in [3.05, 3.63) is 0 Å². The average Bonchev–Trinajstić information content (AvgIpc) is 1.97. The van der Waals surface area contributed by atoms with Gasteiger partial charge in [-0.05, 0) is 6.42 Å². The van der Waals surface area contributed by atoms with E-state index >= 15 is 0 Å². The fraction of sp³-hybridized carbons (Fsp3) is 0.857. The largest absolute Gasteiger partial charge is 0.518 e. The summed E-state index contributed by atoms with van der Waals surface area (Å²) in [7, 11) is 0. The molecule has 2 N–H and O–H groups in total. The Labute approximate surface area is 69.9 Å². The summed E-state index contributed by atoms with van der Waals surface area (Å²) in [6, 6.07) is 0. The highest BCUT2D eigenvalue weighted by Crippen LogP contribution is 2.28. The SMILES string of the molecule is CCCCC(O)C1(O)OC(=O)O1. The third kappa shape index (κ3) is 1.67. The number of cyclic esters (lactones) is 2. The molecule has 70 valence electrons. The zero-order valence-electron chi connectivity index (χ0n) is 6.82. The van der Waals surface area contributed by atoms with Crippen molar-refractivity contribution in [2.75, 3.05) is 0 Å². The maximum Gasteiger partial charge on any atom is 0.518 e. The highest BCUT2D eigenvalue weighted by Gasteiger charge is 2.53. The van der Waals surface area contributed by atoms with Crippen molar-refractivity contribution < 1.29 is 24.5 Å². The molecule has 0 amide bonds. The molecule has 0 saturated carbocycles. The van der Waals surface area contributed by atoms with Gasteiger partial charge in [-0.2, -0.15) is 0 Å². The molecule has 0 aliphatic carbocycles. The van der Waals surface area contributed by atoms with Crippen molar-refractivity contribution in [3.8, 4) is 0 Å². The first-order valence-electron chi connectivity index (χ1n) is 3.91. The lowest BCUT2D eigenvalue weighted by Crippen LogP contribution is -2.58. The first kappa shape index (κ1) is 9.28. The van der Waals surface area contributed by atoms with Gasteiger partial charge in [0.1, 0.15) is 0 Å². The summed E-state index contributed by atoms with van der Waals surface area (Å²) < 4.78 is 8.46. The van der Waals surface area contributed by atoms with E-state index in [1.165, 1.54) is 0 Å². The van der Waals surface area contributed by atoms with Gasteiger partial charge >= 0.3 is 12.1 Å². The third-order valence-corrected chi connectivity index (χ3v) is 1.71. The monoisotopic (exact) mass is 176 g/mol. The Morgan fingerprint density at radius 3 is 2.58 bits per heavy atom. The Hall–Kier alpha value is -0.810. The summed E-state index contributed by atoms with van der Waals surface area (Å²) in [6.07, 6.45) is -0.130. The molecule has 1 aliphatic rings. The van der Waals surface area contributed by atoms with Gasteiger partial charge in [0.25, 0.3) is 0 Å². The molecule has 1 heterocycles. The van der Waals surface area contributed by atoms with Crippen molar-refractivity contribution in [2.45, 2.75) is 38.3 Å². The van der Waals surface area contributed by atoms with Gasteiger partial charge in [0, 0.05) is 0 Å². The van der Waals surface area contributed by atoms with Gasteiger partial charge in [0.2, 0.25) is 0 Å². The molecule has 1 unspecified atom stereocenters. The molecule has 5 nitrogen and oxygen atoms in total. The van der Waals surface area contributed by atoms with Gasteiger partial charge in [-0.15, -0.1) is 0 Å². The molecule has 0 aromatic heterocycles. The highest BCUT2D eigenvalue weighted by molar-refractivity contribution is 5.65. The van der Waals surface area contributed by atoms with E-state index < -0.39 is 18.2 Å². The van der Waals surface area contributed by atoms with Crippen LogP contribution in [0.5, 0.6) is 0 Å². The molecule has 1 atom stereocenters. The quantitative estimate of drug-likeness (QED) is 0.604. The van der Waals surface area contributed by atoms with E-state index in [1.54, 1.807) is 0 Å². The third-order valence-electron chi connectivity index (χ3n) is 1.71. The van der Waals surface area contributed by atoms with Gasteiger partial charge in [0.05, 0.1) is 0 Å². The molecular weight excluding hydrogens is 164 g/mol. The molecule has 0 bridgehead atoms. The van der Waals surface area contributed by atoms with Crippen molar-refractivity contribution in [1.82, 2.24) is 0 Å². The Morgan fingerprint density at radius 1 is 1.58 bits per heavy atom. The number of rotatable bonds is 4. The molecule has 1 aliphatic heterocycles. The fourth-order valence-electron chi connectivity index (χ4n) is 0.962. The first-order valence-corrected chi connectivity index (χ1v) is 3.91. The average molecular weight is 176 g/mol. The van der Waals surface area contributed by atoms with Crippen LogP contribution in [0.2, 0.25) is 0 Å². The van der Waals surface area contributed by atoms with E-state index in [0.29, 0.717) is 6.42 Å². The molecule has 5 heteroatoms. The van der Waals surface area contributed by atoms with Crippen molar-refractivity contribution in [2.24, 2.45) is 0 Å². The maximum absolute atomic E-state index is 10.2. The molecule has 0 radical (unpaired) electrons. The van der Waals surface area contributed by atoms with Crippen LogP contribution in [0.15, 0.2) is 0 Å². The number of aliphatic hydroxyl groups is 2. The minimum Gasteiger partial charge on any atom is -0.382 e. The predicted molar refractivity (Wildman–Crippen MR) is 38.0 cm³/mol. The number of aliphatic hydroxyl groups excluding tert-OH is 1. The van der Waals surface area contributed by atoms with Gasteiger partial charge in [0.15, 0.2) is 6.10 Å². The van der Waals surface area contributed by atoms with E-state index in [1.807, 2.05) is 6.92 Å². The fourth-order valence-corrected chi connectivity index (χ4v) is 0.962. The smallest absolute Gasteiger partial charge is 0.382 e. The summed E-state index contributed by atoms with van der Waals surface area (Å²) in [6.45, 7) is 1.95. The minimum absolute atomic E-state index is 0.347. The van der Waals surface area contributed by atoms with Gasteiger partial charge in [-0.25, -0.2) is 4.79 Å². The second kappa shape index (κ2) is 3.28. The molecule has 1 saturated heterocycles. The van der Waals surface area contributed by atoms with Crippen LogP contribution >= 0.6 is 0 Å². The zero-order chi connectivity index (χ0) is 9.19. The number of unbranched alkanes of at least 4 members (excludes halogenated alkanes) is 1. The van der Waals surface area contributed by atoms with Gasteiger partial charge in [-0.3, -0.25) is 0 Å². The highest BCUT2D eigenvalue weighted by atomic mass is 17.0. The Kier molecular flexibility index (Phi) is 2.54. The van der Waals surface area contributed by atoms with Crippen molar-refractivity contribution in [1.29, 1.82) is 0 Å². The first-order chi connectivity index (χ1) is 5.58. The Bertz CT molecular complexity index is 171. The van der Waals surface area contributed by atoms with Crippen LogP contribution in [0.3, 0.4) is 0 Å². The summed E-state index contributed by atoms with van der Waals surface area (Å²) >= 11 is 0. The lowest BCUT2D eigenvalue weighted by atomic mass is 10.1. The molecular formula is C7H12O5. The van der Waals surface area contributed by atoms with E-state index in [9.17, 15) is 9.90 Å². The van der Waals surface area contributed by atoms with Crippen LogP contribution < -0.4 is 0 Å². The van der Waals surface area contributed by atoms with Gasteiger partial charge in [-0.1, -0.05) is 19.8 Å². The summed E-state index contributed by atoms with van der Waals surface area (Å²) in [5.41, 5.74) is 0. The minimum atomic E-state index is -2.09. The summed E-state index contributed by atoms with van der Waals surface area (Å²) in [4.78, 5) is 10.2. The number of ether oxygens (including phenoxy) is 2. The number of hydrogen-bond donors (Lipinski definition) is 2. The topological polar surface area (TPSA) is 76.0 Å². The molecule has 0 aromatic carbocycles. The van der Waals surface area contributed by atoms with Crippen LogP contribution in [-0.2, 0) is 9.47 Å².